The molecular weight excluding hydrogens is 440 g/mol. The molecule has 0 fully saturated rings. The number of halogens is 1. The van der Waals surface area contributed by atoms with Gasteiger partial charge in [-0.25, -0.2) is 0 Å². The summed E-state index contributed by atoms with van der Waals surface area (Å²) in [6.07, 6.45) is 0. The monoisotopic (exact) mass is 454 g/mol. The molecule has 29 heavy (non-hydrogen) atoms. The van der Waals surface area contributed by atoms with E-state index in [-0.39, 0.29) is 28.6 Å². The summed E-state index contributed by atoms with van der Waals surface area (Å²) < 4.78 is 0.801. The molecule has 0 radical (unpaired) electrons. The van der Waals surface area contributed by atoms with E-state index < -0.39 is 29.1 Å². The number of anilines is 2. The number of aromatic nitrogens is 2. The van der Waals surface area contributed by atoms with Crippen LogP contribution in [0.1, 0.15) is 27.4 Å². The zero-order valence-electron chi connectivity index (χ0n) is 14.8. The summed E-state index contributed by atoms with van der Waals surface area (Å²) in [4.78, 5) is 45.4. The second-order valence-electron chi connectivity index (χ2n) is 6.59. The number of nitrogens with zero attached hydrogens (tertiary/aromatic N) is 1. The zero-order chi connectivity index (χ0) is 20.7. The lowest BCUT2D eigenvalue weighted by molar-refractivity contribution is -0.119. The maximum absolute atomic E-state index is 13.3. The number of nitrogen functional groups attached to an aromatic ring is 1. The summed E-state index contributed by atoms with van der Waals surface area (Å²) in [6.45, 7) is 0. The SMILES string of the molecule is Nc1nc2c(c(=O)[nH]1)[C@H](c1ccc(Br)cc1)[C@H](C(=O)c1ccccc1O)C(=O)N2. The van der Waals surface area contributed by atoms with Crippen molar-refractivity contribution < 1.29 is 14.7 Å². The number of hydrogen-bond acceptors (Lipinski definition) is 6. The lowest BCUT2D eigenvalue weighted by Gasteiger charge is -2.31. The van der Waals surface area contributed by atoms with Gasteiger partial charge in [-0.05, 0) is 29.8 Å². The largest absolute Gasteiger partial charge is 0.507 e. The quantitative estimate of drug-likeness (QED) is 0.354. The number of ketones is 1. The van der Waals surface area contributed by atoms with Crippen LogP contribution in [0.3, 0.4) is 0 Å². The van der Waals surface area contributed by atoms with E-state index in [0.717, 1.165) is 4.47 Å². The van der Waals surface area contributed by atoms with Crippen LogP contribution in [0.2, 0.25) is 0 Å². The normalized spacial score (nSPS) is 18.0. The number of aromatic hydroxyl groups is 1. The number of para-hydroxylation sites is 1. The molecule has 9 heteroatoms. The summed E-state index contributed by atoms with van der Waals surface area (Å²) in [5.41, 5.74) is 5.78. The average molecular weight is 455 g/mol. The number of Topliss-reactive ketones (excluding diaryl/α,β-unsaturated/α-hetero) is 1. The highest BCUT2D eigenvalue weighted by atomic mass is 79.9. The highest BCUT2D eigenvalue weighted by Crippen LogP contribution is 2.40. The standard InChI is InChI=1S/C20H15BrN4O4/c21-10-7-5-9(6-8-10)13-14(16(27)11-3-1-2-4-12(11)26)18(28)23-17-15(13)19(29)25-20(22)24-17/h1-8,13-14,26H,(H4,22,23,24,25,28,29)/t13-,14-/m1/s1. The molecule has 1 aliphatic heterocycles. The maximum atomic E-state index is 13.3. The predicted octanol–water partition coefficient (Wildman–Crippen LogP) is 2.40. The Morgan fingerprint density at radius 3 is 2.48 bits per heavy atom. The van der Waals surface area contributed by atoms with Crippen LogP contribution in [-0.2, 0) is 4.79 Å². The van der Waals surface area contributed by atoms with Gasteiger partial charge in [0.1, 0.15) is 17.5 Å². The molecule has 5 N–H and O–H groups in total. The Labute approximate surface area is 172 Å². The van der Waals surface area contributed by atoms with Crippen molar-refractivity contribution in [3.05, 3.63) is 80.0 Å². The van der Waals surface area contributed by atoms with Crippen LogP contribution < -0.4 is 16.6 Å². The Bertz CT molecular complexity index is 1190. The first-order valence-electron chi connectivity index (χ1n) is 8.65. The highest BCUT2D eigenvalue weighted by molar-refractivity contribution is 9.10. The Morgan fingerprint density at radius 1 is 1.10 bits per heavy atom. The van der Waals surface area contributed by atoms with Crippen molar-refractivity contribution in [2.75, 3.05) is 11.1 Å². The molecule has 0 saturated heterocycles. The van der Waals surface area contributed by atoms with Gasteiger partial charge in [0.15, 0.2) is 5.78 Å². The van der Waals surface area contributed by atoms with Crippen molar-refractivity contribution in [1.29, 1.82) is 0 Å². The number of rotatable bonds is 3. The molecule has 1 amide bonds. The molecule has 3 aromatic rings. The van der Waals surface area contributed by atoms with Crippen molar-refractivity contribution in [3.8, 4) is 5.75 Å². The number of nitrogens with one attached hydrogen (secondary N) is 2. The number of carbonyl (C=O) groups excluding carboxylic acids is 2. The van der Waals surface area contributed by atoms with E-state index in [2.05, 4.69) is 31.2 Å². The van der Waals surface area contributed by atoms with Gasteiger partial charge in [0.2, 0.25) is 11.9 Å². The van der Waals surface area contributed by atoms with E-state index >= 15 is 0 Å². The zero-order valence-corrected chi connectivity index (χ0v) is 16.4. The second-order valence-corrected chi connectivity index (χ2v) is 7.51. The average Bonchev–Trinajstić information content (AvgIpc) is 2.67. The fourth-order valence-corrected chi connectivity index (χ4v) is 3.81. The Hall–Kier alpha value is -3.46. The molecule has 146 valence electrons. The van der Waals surface area contributed by atoms with Crippen molar-refractivity contribution >= 4 is 39.4 Å². The molecule has 1 aliphatic rings. The van der Waals surface area contributed by atoms with Crippen LogP contribution in [0.5, 0.6) is 5.75 Å². The van der Waals surface area contributed by atoms with Gasteiger partial charge in [-0.3, -0.25) is 19.4 Å². The number of fused-ring (bicyclic) bond motifs is 1. The highest BCUT2D eigenvalue weighted by Gasteiger charge is 2.44. The Morgan fingerprint density at radius 2 is 1.79 bits per heavy atom. The molecule has 0 bridgehead atoms. The van der Waals surface area contributed by atoms with Crippen LogP contribution in [0.4, 0.5) is 11.8 Å². The third-order valence-electron chi connectivity index (χ3n) is 4.82. The number of carbonyl (C=O) groups is 2. The van der Waals surface area contributed by atoms with Gasteiger partial charge in [-0.2, -0.15) is 4.98 Å². The summed E-state index contributed by atoms with van der Waals surface area (Å²) in [6, 6.07) is 12.9. The molecule has 8 nitrogen and oxygen atoms in total. The number of H-pyrrole nitrogens is 1. The number of nitrogens with two attached hydrogens (primary N) is 1. The molecule has 0 aliphatic carbocycles. The number of hydrogen-bond donors (Lipinski definition) is 4. The van der Waals surface area contributed by atoms with Gasteiger partial charge < -0.3 is 16.2 Å². The van der Waals surface area contributed by atoms with Crippen LogP contribution >= 0.6 is 15.9 Å². The maximum Gasteiger partial charge on any atom is 0.258 e. The molecule has 2 aromatic carbocycles. The lowest BCUT2D eigenvalue weighted by atomic mass is 9.75. The predicted molar refractivity (Wildman–Crippen MR) is 110 cm³/mol. The summed E-state index contributed by atoms with van der Waals surface area (Å²) in [5, 5.41) is 12.6. The van der Waals surface area contributed by atoms with Crippen LogP contribution in [0, 0.1) is 5.92 Å². The van der Waals surface area contributed by atoms with E-state index in [1.807, 2.05) is 0 Å². The molecule has 2 atom stereocenters. The molecular formula is C20H15BrN4O4. The number of benzene rings is 2. The molecule has 0 unspecified atom stereocenters. The minimum atomic E-state index is -1.27. The third kappa shape index (κ3) is 3.29. The Kier molecular flexibility index (Phi) is 4.67. The van der Waals surface area contributed by atoms with E-state index in [0.29, 0.717) is 5.56 Å². The lowest BCUT2D eigenvalue weighted by Crippen LogP contribution is -2.42. The van der Waals surface area contributed by atoms with Gasteiger partial charge in [0, 0.05) is 10.4 Å². The molecule has 4 rings (SSSR count). The number of phenols is 1. The van der Waals surface area contributed by atoms with Gasteiger partial charge >= 0.3 is 0 Å². The van der Waals surface area contributed by atoms with E-state index in [1.54, 1.807) is 36.4 Å². The van der Waals surface area contributed by atoms with E-state index in [4.69, 9.17) is 5.73 Å². The first kappa shape index (κ1) is 18.9. The van der Waals surface area contributed by atoms with Crippen LogP contribution in [0.15, 0.2) is 57.8 Å². The van der Waals surface area contributed by atoms with Crippen molar-refractivity contribution in [3.63, 3.8) is 0 Å². The molecule has 0 spiro atoms. The molecule has 1 aromatic heterocycles. The Balaban J connectivity index is 1.94. The fraction of sp³-hybridized carbons (Fsp3) is 0.100. The molecule has 0 saturated carbocycles. The van der Waals surface area contributed by atoms with Crippen LogP contribution in [-0.4, -0.2) is 26.8 Å². The van der Waals surface area contributed by atoms with Gasteiger partial charge in [-0.1, -0.05) is 40.2 Å². The topological polar surface area (TPSA) is 138 Å². The van der Waals surface area contributed by atoms with Gasteiger partial charge in [-0.15, -0.1) is 0 Å². The summed E-state index contributed by atoms with van der Waals surface area (Å²) >= 11 is 3.35. The minimum Gasteiger partial charge on any atom is -0.507 e. The first-order valence-corrected chi connectivity index (χ1v) is 9.44. The summed E-state index contributed by atoms with van der Waals surface area (Å²) in [5.74, 6) is -3.78. The number of aromatic amines is 1. The first-order chi connectivity index (χ1) is 13.9. The van der Waals surface area contributed by atoms with E-state index in [9.17, 15) is 19.5 Å². The smallest absolute Gasteiger partial charge is 0.258 e. The summed E-state index contributed by atoms with van der Waals surface area (Å²) in [7, 11) is 0. The minimum absolute atomic E-state index is 0.00181. The number of amides is 1. The fourth-order valence-electron chi connectivity index (χ4n) is 3.55. The van der Waals surface area contributed by atoms with Crippen molar-refractivity contribution in [2.24, 2.45) is 5.92 Å². The van der Waals surface area contributed by atoms with Crippen molar-refractivity contribution in [2.45, 2.75) is 5.92 Å². The number of phenolic OH excluding ortho intramolecular Hbond substituents is 1. The molecule has 2 heterocycles. The van der Waals surface area contributed by atoms with Crippen molar-refractivity contribution in [1.82, 2.24) is 9.97 Å². The van der Waals surface area contributed by atoms with Crippen LogP contribution in [0.25, 0.3) is 0 Å². The van der Waals surface area contributed by atoms with Gasteiger partial charge in [0.25, 0.3) is 5.56 Å². The second kappa shape index (κ2) is 7.17. The van der Waals surface area contributed by atoms with Gasteiger partial charge in [0.05, 0.1) is 11.1 Å². The van der Waals surface area contributed by atoms with E-state index in [1.165, 1.54) is 12.1 Å². The third-order valence-corrected chi connectivity index (χ3v) is 5.35.